The maximum atomic E-state index is 10.9. The van der Waals surface area contributed by atoms with Crippen molar-refractivity contribution in [2.75, 3.05) is 0 Å². The number of carbonyl (C=O) groups is 1. The van der Waals surface area contributed by atoms with Gasteiger partial charge in [0.25, 0.3) is 0 Å². The molecule has 3 N–H and O–H groups in total. The van der Waals surface area contributed by atoms with Crippen molar-refractivity contribution in [2.24, 2.45) is 0 Å². The molecule has 0 rings (SSSR count). The van der Waals surface area contributed by atoms with E-state index in [1.54, 1.807) is 0 Å². The van der Waals surface area contributed by atoms with E-state index in [0.29, 0.717) is 6.42 Å². The van der Waals surface area contributed by atoms with Crippen LogP contribution in [0.25, 0.3) is 0 Å². The Morgan fingerprint density at radius 1 is 1.06 bits per heavy atom. The predicted octanol–water partition coefficient (Wildman–Crippen LogP) is 2.76. The molecule has 0 aromatic carbocycles. The molecule has 0 aromatic heterocycles. The van der Waals surface area contributed by atoms with Gasteiger partial charge in [0, 0.05) is 0 Å². The summed E-state index contributed by atoms with van der Waals surface area (Å²) in [6, 6.07) is 0. The Morgan fingerprint density at radius 2 is 1.53 bits per heavy atom. The van der Waals surface area contributed by atoms with E-state index in [1.165, 1.54) is 19.3 Å². The molecule has 0 saturated heterocycles. The summed E-state index contributed by atoms with van der Waals surface area (Å²) in [5.41, 5.74) is -1.53. The first-order valence-electron chi connectivity index (χ1n) is 6.17. The van der Waals surface area contributed by atoms with Gasteiger partial charge in [-0.05, 0) is 6.42 Å². The van der Waals surface area contributed by atoms with Crippen LogP contribution in [0, 0.1) is 0 Å². The average Bonchev–Trinajstić information content (AvgIpc) is 2.19. The highest BCUT2D eigenvalue weighted by atomic mass is 31.2. The molecular formula is C11H23O5P. The van der Waals surface area contributed by atoms with Crippen LogP contribution in [0.3, 0.4) is 0 Å². The standard InChI is InChI=1S/C11H23O5P/c1-2-3-4-5-6-7-8-9-10(11(12)13)17(14,15)16/h10H,2-9H2,1H3,(H,12,13)(H2,14,15,16). The average molecular weight is 266 g/mol. The van der Waals surface area contributed by atoms with Gasteiger partial charge in [0.15, 0.2) is 5.66 Å². The van der Waals surface area contributed by atoms with Crippen LogP contribution in [0.2, 0.25) is 0 Å². The largest absolute Gasteiger partial charge is 0.481 e. The second kappa shape index (κ2) is 8.67. The molecule has 0 aliphatic heterocycles. The zero-order valence-corrected chi connectivity index (χ0v) is 11.2. The number of carboxylic acid groups (broad SMARTS) is 1. The molecule has 0 amide bonds. The van der Waals surface area contributed by atoms with E-state index in [1.807, 2.05) is 0 Å². The highest BCUT2D eigenvalue weighted by Gasteiger charge is 2.34. The number of hydrogen-bond donors (Lipinski definition) is 3. The third-order valence-corrected chi connectivity index (χ3v) is 4.06. The lowest BCUT2D eigenvalue weighted by Crippen LogP contribution is -2.20. The Morgan fingerprint density at radius 3 is 1.94 bits per heavy atom. The molecule has 17 heavy (non-hydrogen) atoms. The van der Waals surface area contributed by atoms with E-state index in [4.69, 9.17) is 14.9 Å². The molecule has 0 aliphatic carbocycles. The second-order valence-corrected chi connectivity index (χ2v) is 6.15. The molecule has 1 atom stereocenters. The number of rotatable bonds is 10. The fraction of sp³-hybridized carbons (Fsp3) is 0.909. The van der Waals surface area contributed by atoms with Crippen LogP contribution in [0.1, 0.15) is 58.3 Å². The second-order valence-electron chi connectivity index (χ2n) is 4.35. The lowest BCUT2D eigenvalue weighted by atomic mass is 10.1. The molecule has 0 spiro atoms. The summed E-state index contributed by atoms with van der Waals surface area (Å²) in [4.78, 5) is 28.4. The quantitative estimate of drug-likeness (QED) is 0.417. The minimum absolute atomic E-state index is 0.0629. The van der Waals surface area contributed by atoms with E-state index in [0.717, 1.165) is 19.3 Å². The van der Waals surface area contributed by atoms with Gasteiger partial charge in [-0.15, -0.1) is 0 Å². The summed E-state index contributed by atoms with van der Waals surface area (Å²) >= 11 is 0. The van der Waals surface area contributed by atoms with Crippen molar-refractivity contribution >= 4 is 13.6 Å². The monoisotopic (exact) mass is 266 g/mol. The van der Waals surface area contributed by atoms with Crippen molar-refractivity contribution in [2.45, 2.75) is 63.9 Å². The van der Waals surface area contributed by atoms with Gasteiger partial charge in [-0.3, -0.25) is 9.36 Å². The fourth-order valence-corrected chi connectivity index (χ4v) is 2.54. The lowest BCUT2D eigenvalue weighted by Gasteiger charge is -2.13. The third kappa shape index (κ3) is 8.36. The number of unbranched alkanes of at least 4 members (excludes halogenated alkanes) is 6. The summed E-state index contributed by atoms with van der Waals surface area (Å²) < 4.78 is 10.9. The minimum Gasteiger partial charge on any atom is -0.481 e. The van der Waals surface area contributed by atoms with Gasteiger partial charge in [0.05, 0.1) is 0 Å². The van der Waals surface area contributed by atoms with E-state index < -0.39 is 19.2 Å². The molecular weight excluding hydrogens is 243 g/mol. The van der Waals surface area contributed by atoms with E-state index in [2.05, 4.69) is 6.92 Å². The fourth-order valence-electron chi connectivity index (χ4n) is 1.73. The zero-order valence-electron chi connectivity index (χ0n) is 10.3. The SMILES string of the molecule is CCCCCCCCCC(C(=O)O)P(=O)(O)O. The Labute approximate surface area is 102 Å². The molecule has 102 valence electrons. The molecule has 0 aliphatic rings. The minimum atomic E-state index is -4.50. The predicted molar refractivity (Wildman–Crippen MR) is 66.1 cm³/mol. The summed E-state index contributed by atoms with van der Waals surface area (Å²) in [6.07, 6.45) is 7.15. The Balaban J connectivity index is 3.71. The third-order valence-electron chi connectivity index (χ3n) is 2.77. The number of aliphatic carboxylic acids is 1. The number of carboxylic acids is 1. The molecule has 0 saturated carbocycles. The number of hydrogen-bond acceptors (Lipinski definition) is 2. The highest BCUT2D eigenvalue weighted by molar-refractivity contribution is 7.53. The van der Waals surface area contributed by atoms with Crippen molar-refractivity contribution in [1.82, 2.24) is 0 Å². The normalized spacial score (nSPS) is 13.6. The van der Waals surface area contributed by atoms with Crippen molar-refractivity contribution in [3.8, 4) is 0 Å². The van der Waals surface area contributed by atoms with Crippen LogP contribution in [0.4, 0.5) is 0 Å². The van der Waals surface area contributed by atoms with Crippen LogP contribution < -0.4 is 0 Å². The lowest BCUT2D eigenvalue weighted by molar-refractivity contribution is -0.137. The van der Waals surface area contributed by atoms with E-state index in [-0.39, 0.29) is 6.42 Å². The molecule has 0 aromatic rings. The first-order chi connectivity index (χ1) is 7.89. The van der Waals surface area contributed by atoms with Crippen LogP contribution >= 0.6 is 7.60 Å². The van der Waals surface area contributed by atoms with Gasteiger partial charge in [0.2, 0.25) is 0 Å². The Kier molecular flexibility index (Phi) is 8.48. The maximum Gasteiger partial charge on any atom is 0.339 e. The summed E-state index contributed by atoms with van der Waals surface area (Å²) in [7, 11) is -4.50. The van der Waals surface area contributed by atoms with Crippen molar-refractivity contribution in [3.63, 3.8) is 0 Å². The van der Waals surface area contributed by atoms with Gasteiger partial charge < -0.3 is 14.9 Å². The topological polar surface area (TPSA) is 94.8 Å². The van der Waals surface area contributed by atoms with Gasteiger partial charge in [0.1, 0.15) is 0 Å². The van der Waals surface area contributed by atoms with Crippen LogP contribution in [-0.4, -0.2) is 26.5 Å². The molecule has 6 heteroatoms. The summed E-state index contributed by atoms with van der Waals surface area (Å²) in [5.74, 6) is -1.40. The van der Waals surface area contributed by atoms with Crippen molar-refractivity contribution in [3.05, 3.63) is 0 Å². The zero-order chi connectivity index (χ0) is 13.3. The van der Waals surface area contributed by atoms with E-state index in [9.17, 15) is 9.36 Å². The molecule has 0 fully saturated rings. The summed E-state index contributed by atoms with van der Waals surface area (Å²) in [6.45, 7) is 2.14. The van der Waals surface area contributed by atoms with Crippen molar-refractivity contribution in [1.29, 1.82) is 0 Å². The van der Waals surface area contributed by atoms with Gasteiger partial charge in [-0.25, -0.2) is 0 Å². The van der Waals surface area contributed by atoms with Crippen LogP contribution in [0.5, 0.6) is 0 Å². The highest BCUT2D eigenvalue weighted by Crippen LogP contribution is 2.43. The molecule has 5 nitrogen and oxygen atoms in total. The first-order valence-corrected chi connectivity index (χ1v) is 7.85. The molecule has 1 unspecified atom stereocenters. The molecule has 0 heterocycles. The maximum absolute atomic E-state index is 10.9. The van der Waals surface area contributed by atoms with Gasteiger partial charge in [-0.2, -0.15) is 0 Å². The van der Waals surface area contributed by atoms with Gasteiger partial charge in [-0.1, -0.05) is 51.9 Å². The van der Waals surface area contributed by atoms with Gasteiger partial charge >= 0.3 is 13.6 Å². The molecule has 0 radical (unpaired) electrons. The first kappa shape index (κ1) is 16.6. The Hall–Kier alpha value is -0.380. The van der Waals surface area contributed by atoms with Crippen LogP contribution in [0.15, 0.2) is 0 Å². The Bertz CT molecular complexity index is 261. The van der Waals surface area contributed by atoms with E-state index >= 15 is 0 Å². The summed E-state index contributed by atoms with van der Waals surface area (Å²) in [5, 5.41) is 8.69. The van der Waals surface area contributed by atoms with Crippen LogP contribution in [-0.2, 0) is 9.36 Å². The molecule has 0 bridgehead atoms. The van der Waals surface area contributed by atoms with Crippen molar-refractivity contribution < 1.29 is 24.3 Å². The smallest absolute Gasteiger partial charge is 0.339 e.